The highest BCUT2D eigenvalue weighted by molar-refractivity contribution is 5.67. The Bertz CT molecular complexity index is 592. The average Bonchev–Trinajstić information content (AvgIpc) is 2.60. The molecule has 1 unspecified atom stereocenters. The molecule has 1 aromatic rings. The lowest BCUT2D eigenvalue weighted by Gasteiger charge is -2.36. The molecular weight excluding hydrogens is 340 g/mol. The predicted octanol–water partition coefficient (Wildman–Crippen LogP) is 3.25. The maximum Gasteiger partial charge on any atom is 0.407 e. The normalized spacial score (nSPS) is 17.5. The molecule has 1 aliphatic rings. The summed E-state index contributed by atoms with van der Waals surface area (Å²) in [6.07, 6.45) is 6.72. The second-order valence-corrected chi connectivity index (χ2v) is 8.56. The first-order valence-corrected chi connectivity index (χ1v) is 10.1. The molecule has 152 valence electrons. The zero-order valence-electron chi connectivity index (χ0n) is 17.5. The van der Waals surface area contributed by atoms with E-state index >= 15 is 0 Å². The molecular formula is C21H36N4O2. The van der Waals surface area contributed by atoms with Gasteiger partial charge in [0.1, 0.15) is 5.60 Å². The van der Waals surface area contributed by atoms with E-state index in [0.29, 0.717) is 18.6 Å². The number of carbonyl (C=O) groups excluding carboxylic acids is 1. The standard InChI is InChI=1S/C21H36N4O2/c1-16-6-10-22-14-18(16)15-24-19-8-12-25(13-9-19)17(2)7-11-23-20(26)27-21(3,4)5/h6,10,14,17,19,24H,7-9,11-13,15H2,1-5H3,(H,23,26). The van der Waals surface area contributed by atoms with Crippen molar-refractivity contribution in [3.8, 4) is 0 Å². The van der Waals surface area contributed by atoms with Crippen molar-refractivity contribution in [1.82, 2.24) is 20.5 Å². The molecule has 0 aromatic carbocycles. The fourth-order valence-corrected chi connectivity index (χ4v) is 3.36. The van der Waals surface area contributed by atoms with Crippen LogP contribution in [0.4, 0.5) is 4.79 Å². The van der Waals surface area contributed by atoms with Crippen molar-refractivity contribution in [1.29, 1.82) is 0 Å². The molecule has 1 fully saturated rings. The van der Waals surface area contributed by atoms with E-state index in [-0.39, 0.29) is 6.09 Å². The summed E-state index contributed by atoms with van der Waals surface area (Å²) in [5, 5.41) is 6.53. The summed E-state index contributed by atoms with van der Waals surface area (Å²) in [6.45, 7) is 13.7. The molecule has 0 aliphatic carbocycles. The smallest absolute Gasteiger partial charge is 0.407 e. The molecule has 0 bridgehead atoms. The molecule has 0 spiro atoms. The summed E-state index contributed by atoms with van der Waals surface area (Å²) in [5.74, 6) is 0. The molecule has 6 nitrogen and oxygen atoms in total. The number of carbonyl (C=O) groups is 1. The molecule has 0 saturated carbocycles. The van der Waals surface area contributed by atoms with Gasteiger partial charge in [-0.1, -0.05) is 0 Å². The number of alkyl carbamates (subject to hydrolysis) is 1. The number of likely N-dealkylation sites (tertiary alicyclic amines) is 1. The molecule has 1 saturated heterocycles. The Balaban J connectivity index is 1.63. The number of amides is 1. The second-order valence-electron chi connectivity index (χ2n) is 8.56. The Hall–Kier alpha value is -1.66. The molecule has 1 amide bonds. The number of ether oxygens (including phenoxy) is 1. The molecule has 1 aromatic heterocycles. The van der Waals surface area contributed by atoms with Crippen molar-refractivity contribution in [3.63, 3.8) is 0 Å². The summed E-state index contributed by atoms with van der Waals surface area (Å²) >= 11 is 0. The summed E-state index contributed by atoms with van der Waals surface area (Å²) in [7, 11) is 0. The van der Waals surface area contributed by atoms with Crippen molar-refractivity contribution in [2.24, 2.45) is 0 Å². The quantitative estimate of drug-likeness (QED) is 0.765. The van der Waals surface area contributed by atoms with Crippen molar-refractivity contribution in [2.45, 2.75) is 78.1 Å². The lowest BCUT2D eigenvalue weighted by Crippen LogP contribution is -2.46. The molecule has 0 radical (unpaired) electrons. The lowest BCUT2D eigenvalue weighted by atomic mass is 10.0. The third-order valence-corrected chi connectivity index (χ3v) is 5.11. The molecule has 2 N–H and O–H groups in total. The molecule has 2 rings (SSSR count). The van der Waals surface area contributed by atoms with Crippen LogP contribution in [0, 0.1) is 6.92 Å². The van der Waals surface area contributed by atoms with Gasteiger partial charge in [-0.2, -0.15) is 0 Å². The Kier molecular flexibility index (Phi) is 8.05. The number of nitrogens with one attached hydrogen (secondary N) is 2. The van der Waals surface area contributed by atoms with E-state index in [4.69, 9.17) is 4.74 Å². The summed E-state index contributed by atoms with van der Waals surface area (Å²) in [5.41, 5.74) is 2.13. The van der Waals surface area contributed by atoms with Crippen molar-refractivity contribution < 1.29 is 9.53 Å². The van der Waals surface area contributed by atoms with Gasteiger partial charge in [0, 0.05) is 37.6 Å². The van der Waals surface area contributed by atoms with E-state index in [1.165, 1.54) is 11.1 Å². The van der Waals surface area contributed by atoms with Gasteiger partial charge in [-0.15, -0.1) is 0 Å². The molecule has 2 heterocycles. The number of piperidine rings is 1. The van der Waals surface area contributed by atoms with E-state index < -0.39 is 5.60 Å². The minimum absolute atomic E-state index is 0.330. The summed E-state index contributed by atoms with van der Waals surface area (Å²) in [4.78, 5) is 18.4. The van der Waals surface area contributed by atoms with Crippen molar-refractivity contribution in [3.05, 3.63) is 29.6 Å². The average molecular weight is 377 g/mol. The number of rotatable bonds is 7. The topological polar surface area (TPSA) is 66.5 Å². The van der Waals surface area contributed by atoms with Gasteiger partial charge < -0.3 is 20.3 Å². The van der Waals surface area contributed by atoms with Gasteiger partial charge >= 0.3 is 6.09 Å². The number of aryl methyl sites for hydroxylation is 1. The Morgan fingerprint density at radius 2 is 2.07 bits per heavy atom. The van der Waals surface area contributed by atoms with Crippen LogP contribution in [0.5, 0.6) is 0 Å². The molecule has 27 heavy (non-hydrogen) atoms. The van der Waals surface area contributed by atoms with E-state index in [9.17, 15) is 4.79 Å². The molecule has 6 heteroatoms. The summed E-state index contributed by atoms with van der Waals surface area (Å²) < 4.78 is 5.27. The van der Waals surface area contributed by atoms with E-state index in [2.05, 4.69) is 40.4 Å². The second kappa shape index (κ2) is 10.0. The number of pyridine rings is 1. The van der Waals surface area contributed by atoms with Crippen molar-refractivity contribution >= 4 is 6.09 Å². The molecule has 1 atom stereocenters. The van der Waals surface area contributed by atoms with Crippen LogP contribution in [0.25, 0.3) is 0 Å². The largest absolute Gasteiger partial charge is 0.444 e. The fraction of sp³-hybridized carbons (Fsp3) is 0.714. The maximum atomic E-state index is 11.7. The lowest BCUT2D eigenvalue weighted by molar-refractivity contribution is 0.0520. The van der Waals surface area contributed by atoms with Crippen LogP contribution in [0.15, 0.2) is 18.5 Å². The highest BCUT2D eigenvalue weighted by atomic mass is 16.6. The van der Waals surface area contributed by atoms with E-state index in [0.717, 1.165) is 38.9 Å². The van der Waals surface area contributed by atoms with Crippen LogP contribution < -0.4 is 10.6 Å². The first kappa shape index (κ1) is 21.6. The van der Waals surface area contributed by atoms with Gasteiger partial charge in [-0.25, -0.2) is 4.79 Å². The Labute approximate surface area is 164 Å². The van der Waals surface area contributed by atoms with E-state index in [1.807, 2.05) is 33.2 Å². The van der Waals surface area contributed by atoms with Gasteiger partial charge in [-0.05, 0) is 84.2 Å². The first-order chi connectivity index (χ1) is 12.7. The Morgan fingerprint density at radius 1 is 1.37 bits per heavy atom. The number of aromatic nitrogens is 1. The van der Waals surface area contributed by atoms with Gasteiger partial charge in [0.05, 0.1) is 0 Å². The fourth-order valence-electron chi connectivity index (χ4n) is 3.36. The van der Waals surface area contributed by atoms with Gasteiger partial charge in [0.25, 0.3) is 0 Å². The van der Waals surface area contributed by atoms with Gasteiger partial charge in [0.2, 0.25) is 0 Å². The van der Waals surface area contributed by atoms with Crippen LogP contribution in [0.3, 0.4) is 0 Å². The van der Waals surface area contributed by atoms with Crippen molar-refractivity contribution in [2.75, 3.05) is 19.6 Å². The SMILES string of the molecule is Cc1ccncc1CNC1CCN(C(C)CCNC(=O)OC(C)(C)C)CC1. The zero-order chi connectivity index (χ0) is 19.9. The predicted molar refractivity (Wildman–Crippen MR) is 109 cm³/mol. The minimum Gasteiger partial charge on any atom is -0.444 e. The van der Waals surface area contributed by atoms with Gasteiger partial charge in [-0.3, -0.25) is 4.98 Å². The highest BCUT2D eigenvalue weighted by Gasteiger charge is 2.23. The highest BCUT2D eigenvalue weighted by Crippen LogP contribution is 2.16. The van der Waals surface area contributed by atoms with Gasteiger partial charge in [0.15, 0.2) is 0 Å². The number of hydrogen-bond donors (Lipinski definition) is 2. The zero-order valence-corrected chi connectivity index (χ0v) is 17.5. The van der Waals surface area contributed by atoms with Crippen LogP contribution in [0.2, 0.25) is 0 Å². The van der Waals surface area contributed by atoms with Crippen LogP contribution >= 0.6 is 0 Å². The Morgan fingerprint density at radius 3 is 2.70 bits per heavy atom. The maximum absolute atomic E-state index is 11.7. The monoisotopic (exact) mass is 376 g/mol. The van der Waals surface area contributed by atoms with E-state index in [1.54, 1.807) is 0 Å². The number of nitrogens with zero attached hydrogens (tertiary/aromatic N) is 2. The first-order valence-electron chi connectivity index (χ1n) is 10.1. The third kappa shape index (κ3) is 7.85. The number of hydrogen-bond acceptors (Lipinski definition) is 5. The summed E-state index contributed by atoms with van der Waals surface area (Å²) in [6, 6.07) is 3.08. The molecule has 1 aliphatic heterocycles. The van der Waals surface area contributed by atoms with Crippen LogP contribution in [-0.2, 0) is 11.3 Å². The third-order valence-electron chi connectivity index (χ3n) is 5.11. The van der Waals surface area contributed by atoms with Crippen LogP contribution in [-0.4, -0.2) is 53.3 Å². The van der Waals surface area contributed by atoms with Crippen LogP contribution in [0.1, 0.15) is 58.1 Å². The minimum atomic E-state index is -0.446.